The fraction of sp³-hybridized carbons (Fsp3) is 0.269. The van der Waals surface area contributed by atoms with Crippen LogP contribution < -0.4 is 10.2 Å². The molecule has 32 heavy (non-hydrogen) atoms. The molecular weight excluding hydrogens is 402 g/mol. The summed E-state index contributed by atoms with van der Waals surface area (Å²) >= 11 is 0. The highest BCUT2D eigenvalue weighted by molar-refractivity contribution is 6.26. The van der Waals surface area contributed by atoms with Crippen LogP contribution >= 0.6 is 0 Å². The first-order chi connectivity index (χ1) is 15.5. The zero-order chi connectivity index (χ0) is 22.8. The van der Waals surface area contributed by atoms with Gasteiger partial charge >= 0.3 is 0 Å². The third-order valence-corrected chi connectivity index (χ3v) is 6.18. The van der Waals surface area contributed by atoms with Crippen molar-refractivity contribution in [2.45, 2.75) is 32.9 Å². The molecule has 1 aliphatic heterocycles. The van der Waals surface area contributed by atoms with E-state index in [0.717, 1.165) is 27.6 Å². The maximum absolute atomic E-state index is 13.6. The summed E-state index contributed by atoms with van der Waals surface area (Å²) in [6.07, 6.45) is 0.473. The molecule has 0 saturated carbocycles. The molecule has 3 aromatic rings. The van der Waals surface area contributed by atoms with Crippen molar-refractivity contribution < 1.29 is 14.4 Å². The lowest BCUT2D eigenvalue weighted by Gasteiger charge is -2.32. The van der Waals surface area contributed by atoms with E-state index in [-0.39, 0.29) is 24.3 Å². The van der Waals surface area contributed by atoms with Crippen LogP contribution in [0.2, 0.25) is 0 Å². The van der Waals surface area contributed by atoms with Crippen molar-refractivity contribution in [3.63, 3.8) is 0 Å². The molecule has 3 aromatic carbocycles. The summed E-state index contributed by atoms with van der Waals surface area (Å²) in [5.74, 6) is -0.664. The van der Waals surface area contributed by atoms with Crippen LogP contribution in [0.3, 0.4) is 0 Å². The molecule has 0 bridgehead atoms. The zero-order valence-corrected chi connectivity index (χ0v) is 18.6. The molecule has 4 rings (SSSR count). The predicted octanol–water partition coefficient (Wildman–Crippen LogP) is 3.66. The van der Waals surface area contributed by atoms with Crippen LogP contribution in [0.15, 0.2) is 60.7 Å². The van der Waals surface area contributed by atoms with Crippen molar-refractivity contribution in [2.75, 3.05) is 18.5 Å². The topological polar surface area (TPSA) is 69.7 Å². The van der Waals surface area contributed by atoms with Crippen molar-refractivity contribution in [1.82, 2.24) is 10.2 Å². The van der Waals surface area contributed by atoms with Gasteiger partial charge in [-0.1, -0.05) is 55.5 Å². The Morgan fingerprint density at radius 3 is 2.44 bits per heavy atom. The van der Waals surface area contributed by atoms with E-state index in [1.54, 1.807) is 18.0 Å². The van der Waals surface area contributed by atoms with Gasteiger partial charge in [0.05, 0.1) is 5.69 Å². The highest BCUT2D eigenvalue weighted by Gasteiger charge is 2.34. The first kappa shape index (κ1) is 21.6. The van der Waals surface area contributed by atoms with Crippen LogP contribution in [0.5, 0.6) is 0 Å². The molecular formula is C26H27N3O3. The summed E-state index contributed by atoms with van der Waals surface area (Å²) in [6, 6.07) is 18.5. The highest BCUT2D eigenvalue weighted by Crippen LogP contribution is 2.37. The van der Waals surface area contributed by atoms with E-state index in [4.69, 9.17) is 0 Å². The second kappa shape index (κ2) is 8.83. The maximum Gasteiger partial charge on any atom is 0.259 e. The fourth-order valence-corrected chi connectivity index (χ4v) is 4.42. The van der Waals surface area contributed by atoms with Gasteiger partial charge in [-0.25, -0.2) is 0 Å². The van der Waals surface area contributed by atoms with Crippen LogP contribution in [-0.2, 0) is 16.1 Å². The summed E-state index contributed by atoms with van der Waals surface area (Å²) in [7, 11) is 1.57. The van der Waals surface area contributed by atoms with E-state index in [1.165, 1.54) is 4.90 Å². The number of likely N-dealkylation sites (N-methyl/N-ethyl adjacent to an activating group) is 1. The molecule has 6 nitrogen and oxygen atoms in total. The lowest BCUT2D eigenvalue weighted by molar-refractivity contribution is -0.140. The van der Waals surface area contributed by atoms with Gasteiger partial charge in [0, 0.05) is 24.5 Å². The molecule has 0 unspecified atom stereocenters. The molecule has 0 aliphatic carbocycles. The Bertz CT molecular complexity index is 1200. The molecule has 1 atom stereocenters. The number of benzene rings is 3. The monoisotopic (exact) mass is 429 g/mol. The van der Waals surface area contributed by atoms with E-state index in [1.807, 2.05) is 68.4 Å². The summed E-state index contributed by atoms with van der Waals surface area (Å²) in [5.41, 5.74) is 3.36. The lowest BCUT2D eigenvalue weighted by atomic mass is 10.1. The summed E-state index contributed by atoms with van der Waals surface area (Å²) in [6.45, 7) is 4.05. The van der Waals surface area contributed by atoms with Gasteiger partial charge in [-0.3, -0.25) is 19.3 Å². The molecule has 0 aromatic heterocycles. The second-order valence-electron chi connectivity index (χ2n) is 8.06. The van der Waals surface area contributed by atoms with Crippen LogP contribution in [0, 0.1) is 6.92 Å². The van der Waals surface area contributed by atoms with Gasteiger partial charge < -0.3 is 10.2 Å². The highest BCUT2D eigenvalue weighted by atomic mass is 16.2. The normalized spacial score (nSPS) is 13.3. The first-order valence-electron chi connectivity index (χ1n) is 10.9. The van der Waals surface area contributed by atoms with Crippen molar-refractivity contribution in [2.24, 2.45) is 0 Å². The maximum atomic E-state index is 13.6. The van der Waals surface area contributed by atoms with Crippen LogP contribution in [-0.4, -0.2) is 42.3 Å². The molecule has 0 spiro atoms. The van der Waals surface area contributed by atoms with Crippen molar-refractivity contribution in [3.05, 3.63) is 77.4 Å². The summed E-state index contributed by atoms with van der Waals surface area (Å²) < 4.78 is 0. The molecule has 0 fully saturated rings. The van der Waals surface area contributed by atoms with Crippen molar-refractivity contribution in [3.8, 4) is 0 Å². The van der Waals surface area contributed by atoms with E-state index >= 15 is 0 Å². The van der Waals surface area contributed by atoms with Crippen LogP contribution in [0.1, 0.15) is 34.8 Å². The Hall–Kier alpha value is -3.67. The average Bonchev–Trinajstić information content (AvgIpc) is 3.08. The van der Waals surface area contributed by atoms with Crippen molar-refractivity contribution >= 4 is 34.2 Å². The molecule has 6 heteroatoms. The Morgan fingerprint density at radius 1 is 1.03 bits per heavy atom. The van der Waals surface area contributed by atoms with Gasteiger partial charge in [0.1, 0.15) is 12.6 Å². The first-order valence-corrected chi connectivity index (χ1v) is 10.9. The minimum atomic E-state index is -0.622. The summed E-state index contributed by atoms with van der Waals surface area (Å²) in [4.78, 5) is 42.5. The van der Waals surface area contributed by atoms with Gasteiger partial charge in [0.15, 0.2) is 0 Å². The molecule has 0 saturated heterocycles. The average molecular weight is 430 g/mol. The quantitative estimate of drug-likeness (QED) is 0.623. The third-order valence-electron chi connectivity index (χ3n) is 6.18. The van der Waals surface area contributed by atoms with Crippen molar-refractivity contribution in [1.29, 1.82) is 0 Å². The van der Waals surface area contributed by atoms with Gasteiger partial charge in [0.2, 0.25) is 11.8 Å². The number of carbonyl (C=O) groups is 3. The van der Waals surface area contributed by atoms with Gasteiger partial charge in [-0.2, -0.15) is 0 Å². The smallest absolute Gasteiger partial charge is 0.259 e. The standard InChI is InChI=1S/C26H27N3O3/c1-4-21(25(31)27-3)28(15-19-10-6-5-9-17(19)2)23(30)16-29-22-14-8-12-18-11-7-13-20(24(18)22)26(29)32/h5-14,21H,4,15-16H2,1-3H3,(H,27,31)/t21-/m0/s1. The number of hydrogen-bond donors (Lipinski definition) is 1. The van der Waals surface area contributed by atoms with E-state index < -0.39 is 6.04 Å². The number of aryl methyl sites for hydroxylation is 1. The Kier molecular flexibility index (Phi) is 5.95. The second-order valence-corrected chi connectivity index (χ2v) is 8.06. The van der Waals surface area contributed by atoms with E-state index in [0.29, 0.717) is 18.5 Å². The molecule has 164 valence electrons. The number of anilines is 1. The lowest BCUT2D eigenvalue weighted by Crippen LogP contribution is -2.51. The fourth-order valence-electron chi connectivity index (χ4n) is 4.42. The van der Waals surface area contributed by atoms with Crippen LogP contribution in [0.25, 0.3) is 10.8 Å². The number of hydrogen-bond acceptors (Lipinski definition) is 3. The molecule has 1 N–H and O–H groups in total. The number of carbonyl (C=O) groups excluding carboxylic acids is 3. The molecule has 1 heterocycles. The Labute approximate surface area is 187 Å². The molecule has 1 aliphatic rings. The van der Waals surface area contributed by atoms with Gasteiger partial charge in [0.25, 0.3) is 5.91 Å². The number of nitrogens with zero attached hydrogens (tertiary/aromatic N) is 2. The predicted molar refractivity (Wildman–Crippen MR) is 125 cm³/mol. The number of nitrogens with one attached hydrogen (secondary N) is 1. The number of rotatable bonds is 7. The van der Waals surface area contributed by atoms with E-state index in [9.17, 15) is 14.4 Å². The zero-order valence-electron chi connectivity index (χ0n) is 18.6. The van der Waals surface area contributed by atoms with Gasteiger partial charge in [-0.15, -0.1) is 0 Å². The molecule has 0 radical (unpaired) electrons. The largest absolute Gasteiger partial charge is 0.357 e. The minimum Gasteiger partial charge on any atom is -0.357 e. The Morgan fingerprint density at radius 2 is 1.75 bits per heavy atom. The third kappa shape index (κ3) is 3.73. The minimum absolute atomic E-state index is 0.119. The Balaban J connectivity index is 1.67. The van der Waals surface area contributed by atoms with Gasteiger partial charge in [-0.05, 0) is 42.0 Å². The van der Waals surface area contributed by atoms with Crippen LogP contribution in [0.4, 0.5) is 5.69 Å². The SMILES string of the molecule is CC[C@@H](C(=O)NC)N(Cc1ccccc1C)C(=O)CN1C(=O)c2cccc3cccc1c23. The molecule has 3 amide bonds. The number of amides is 3. The summed E-state index contributed by atoms with van der Waals surface area (Å²) in [5, 5.41) is 4.51. The van der Waals surface area contributed by atoms with E-state index in [2.05, 4.69) is 5.32 Å².